The summed E-state index contributed by atoms with van der Waals surface area (Å²) >= 11 is 0. The van der Waals surface area contributed by atoms with Gasteiger partial charge in [-0.25, -0.2) is 0 Å². The third kappa shape index (κ3) is 5.52. The minimum atomic E-state index is -0.182. The third-order valence-corrected chi connectivity index (χ3v) is 5.95. The number of carbonyl (C=O) groups excluding carboxylic acids is 2. The molecule has 162 valence electrons. The Kier molecular flexibility index (Phi) is 7.13. The first-order chi connectivity index (χ1) is 15.7. The summed E-state index contributed by atoms with van der Waals surface area (Å²) in [6.07, 6.45) is 4.81. The third-order valence-electron chi connectivity index (χ3n) is 5.95. The lowest BCUT2D eigenvalue weighted by Crippen LogP contribution is -2.43. The van der Waals surface area contributed by atoms with Crippen molar-refractivity contribution in [2.24, 2.45) is 5.92 Å². The number of carbonyl (C=O) groups is 2. The first kappa shape index (κ1) is 21.6. The van der Waals surface area contributed by atoms with Gasteiger partial charge in [0.2, 0.25) is 11.8 Å². The molecular formula is C28H28N2O2. The van der Waals surface area contributed by atoms with E-state index in [-0.39, 0.29) is 23.8 Å². The molecule has 3 aromatic carbocycles. The molecule has 1 saturated heterocycles. The molecule has 1 heterocycles. The predicted octanol–water partition coefficient (Wildman–Crippen LogP) is 4.84. The molecule has 32 heavy (non-hydrogen) atoms. The molecular weight excluding hydrogens is 396 g/mol. The molecule has 0 saturated carbocycles. The van der Waals surface area contributed by atoms with E-state index in [4.69, 9.17) is 0 Å². The van der Waals surface area contributed by atoms with Gasteiger partial charge in [0.15, 0.2) is 0 Å². The quantitative estimate of drug-likeness (QED) is 0.576. The van der Waals surface area contributed by atoms with Crippen molar-refractivity contribution in [1.82, 2.24) is 10.2 Å². The summed E-state index contributed by atoms with van der Waals surface area (Å²) in [6, 6.07) is 29.7. The molecule has 0 aliphatic carbocycles. The number of nitrogens with zero attached hydrogens (tertiary/aromatic N) is 1. The predicted molar refractivity (Wildman–Crippen MR) is 128 cm³/mol. The molecule has 0 bridgehead atoms. The van der Waals surface area contributed by atoms with Gasteiger partial charge < -0.3 is 10.2 Å². The van der Waals surface area contributed by atoms with E-state index in [0.717, 1.165) is 16.7 Å². The van der Waals surface area contributed by atoms with Gasteiger partial charge in [0, 0.05) is 25.1 Å². The highest BCUT2D eigenvalue weighted by atomic mass is 16.2. The van der Waals surface area contributed by atoms with E-state index in [1.165, 1.54) is 0 Å². The normalized spacial score (nSPS) is 14.6. The lowest BCUT2D eigenvalue weighted by atomic mass is 9.93. The summed E-state index contributed by atoms with van der Waals surface area (Å²) in [4.78, 5) is 27.5. The second-order valence-electron chi connectivity index (χ2n) is 8.11. The summed E-state index contributed by atoms with van der Waals surface area (Å²) in [6.45, 7) is 1.19. The van der Waals surface area contributed by atoms with Crippen molar-refractivity contribution in [2.75, 3.05) is 13.1 Å². The van der Waals surface area contributed by atoms with Crippen LogP contribution in [-0.4, -0.2) is 29.8 Å². The summed E-state index contributed by atoms with van der Waals surface area (Å²) in [7, 11) is 0. The van der Waals surface area contributed by atoms with E-state index in [1.54, 1.807) is 6.08 Å². The smallest absolute Gasteiger partial charge is 0.246 e. The van der Waals surface area contributed by atoms with Crippen LogP contribution in [0.25, 0.3) is 6.08 Å². The SMILES string of the molecule is O=C(NC(c1ccccc1)c1ccccc1)C1CCN(C(=O)/C=C/c2ccccc2)CC1. The number of hydrogen-bond acceptors (Lipinski definition) is 2. The lowest BCUT2D eigenvalue weighted by Gasteiger charge is -2.32. The van der Waals surface area contributed by atoms with Crippen LogP contribution in [0.15, 0.2) is 97.1 Å². The molecule has 1 aliphatic heterocycles. The number of rotatable bonds is 6. The van der Waals surface area contributed by atoms with Gasteiger partial charge in [0.1, 0.15) is 0 Å². The molecule has 4 nitrogen and oxygen atoms in total. The number of nitrogens with one attached hydrogen (secondary N) is 1. The maximum atomic E-state index is 13.1. The molecule has 4 rings (SSSR count). The maximum absolute atomic E-state index is 13.1. The van der Waals surface area contributed by atoms with E-state index in [1.807, 2.05) is 102 Å². The van der Waals surface area contributed by atoms with Crippen molar-refractivity contribution in [3.8, 4) is 0 Å². The van der Waals surface area contributed by atoms with Crippen LogP contribution in [0.2, 0.25) is 0 Å². The Morgan fingerprint density at radius 2 is 1.28 bits per heavy atom. The zero-order valence-electron chi connectivity index (χ0n) is 18.1. The Balaban J connectivity index is 1.36. The summed E-state index contributed by atoms with van der Waals surface area (Å²) < 4.78 is 0. The summed E-state index contributed by atoms with van der Waals surface area (Å²) in [5, 5.41) is 3.25. The van der Waals surface area contributed by atoms with Gasteiger partial charge in [-0.2, -0.15) is 0 Å². The Labute approximate surface area is 189 Å². The maximum Gasteiger partial charge on any atom is 0.246 e. The van der Waals surface area contributed by atoms with Crippen molar-refractivity contribution in [2.45, 2.75) is 18.9 Å². The Morgan fingerprint density at radius 1 is 0.781 bits per heavy atom. The highest BCUT2D eigenvalue weighted by molar-refractivity contribution is 5.92. The summed E-state index contributed by atoms with van der Waals surface area (Å²) in [5.74, 6) is -0.0409. The molecule has 0 aromatic heterocycles. The van der Waals surface area contributed by atoms with Crippen molar-refractivity contribution in [1.29, 1.82) is 0 Å². The molecule has 3 aromatic rings. The van der Waals surface area contributed by atoms with Crippen molar-refractivity contribution in [3.05, 3.63) is 114 Å². The fourth-order valence-electron chi connectivity index (χ4n) is 4.11. The Hall–Kier alpha value is -3.66. The van der Waals surface area contributed by atoms with E-state index in [9.17, 15) is 9.59 Å². The van der Waals surface area contributed by atoms with E-state index in [0.29, 0.717) is 25.9 Å². The monoisotopic (exact) mass is 424 g/mol. The number of likely N-dealkylation sites (tertiary alicyclic amines) is 1. The van der Waals surface area contributed by atoms with Crippen molar-refractivity contribution in [3.63, 3.8) is 0 Å². The number of amides is 2. The highest BCUT2D eigenvalue weighted by Gasteiger charge is 2.28. The number of piperidine rings is 1. The fraction of sp³-hybridized carbons (Fsp3) is 0.214. The van der Waals surface area contributed by atoms with Crippen LogP contribution in [0.5, 0.6) is 0 Å². The van der Waals surface area contributed by atoms with Gasteiger partial charge in [-0.1, -0.05) is 91.0 Å². The lowest BCUT2D eigenvalue weighted by molar-refractivity contribution is -0.132. The van der Waals surface area contributed by atoms with Crippen LogP contribution < -0.4 is 5.32 Å². The standard InChI is InChI=1S/C28H28N2O2/c31-26(17-16-22-10-4-1-5-11-22)30-20-18-25(19-21-30)28(32)29-27(23-12-6-2-7-13-23)24-14-8-3-9-15-24/h1-17,25,27H,18-21H2,(H,29,32)/b17-16+. The average molecular weight is 425 g/mol. The van der Waals surface area contributed by atoms with E-state index in [2.05, 4.69) is 5.32 Å². The zero-order chi connectivity index (χ0) is 22.2. The number of benzene rings is 3. The zero-order valence-corrected chi connectivity index (χ0v) is 18.1. The van der Waals surface area contributed by atoms with Crippen molar-refractivity contribution < 1.29 is 9.59 Å². The molecule has 1 N–H and O–H groups in total. The van der Waals surface area contributed by atoms with Crippen LogP contribution in [0.3, 0.4) is 0 Å². The molecule has 4 heteroatoms. The molecule has 0 atom stereocenters. The molecule has 1 fully saturated rings. The Bertz CT molecular complexity index is 1000. The second-order valence-corrected chi connectivity index (χ2v) is 8.11. The van der Waals surface area contributed by atoms with Crippen LogP contribution in [0.4, 0.5) is 0 Å². The topological polar surface area (TPSA) is 49.4 Å². The average Bonchev–Trinajstić information content (AvgIpc) is 2.87. The van der Waals surface area contributed by atoms with Crippen LogP contribution >= 0.6 is 0 Å². The van der Waals surface area contributed by atoms with Gasteiger partial charge in [-0.15, -0.1) is 0 Å². The van der Waals surface area contributed by atoms with E-state index >= 15 is 0 Å². The van der Waals surface area contributed by atoms with Gasteiger partial charge in [-0.05, 0) is 35.6 Å². The molecule has 0 unspecified atom stereocenters. The van der Waals surface area contributed by atoms with Crippen molar-refractivity contribution >= 4 is 17.9 Å². The first-order valence-corrected chi connectivity index (χ1v) is 11.1. The summed E-state index contributed by atoms with van der Waals surface area (Å²) in [5.41, 5.74) is 3.12. The minimum absolute atomic E-state index is 0.000779. The Morgan fingerprint density at radius 3 is 1.81 bits per heavy atom. The van der Waals surface area contributed by atoms with Gasteiger partial charge in [-0.3, -0.25) is 9.59 Å². The molecule has 0 radical (unpaired) electrons. The fourth-order valence-corrected chi connectivity index (χ4v) is 4.11. The molecule has 2 amide bonds. The minimum Gasteiger partial charge on any atom is -0.345 e. The van der Waals surface area contributed by atoms with E-state index < -0.39 is 0 Å². The van der Waals surface area contributed by atoms with Crippen LogP contribution in [0, 0.1) is 5.92 Å². The molecule has 1 aliphatic rings. The molecule has 0 spiro atoms. The van der Waals surface area contributed by atoms with Gasteiger partial charge >= 0.3 is 0 Å². The van der Waals surface area contributed by atoms with Gasteiger partial charge in [0.25, 0.3) is 0 Å². The van der Waals surface area contributed by atoms with Crippen LogP contribution in [-0.2, 0) is 9.59 Å². The number of hydrogen-bond donors (Lipinski definition) is 1. The first-order valence-electron chi connectivity index (χ1n) is 11.1. The van der Waals surface area contributed by atoms with Gasteiger partial charge in [0.05, 0.1) is 6.04 Å². The largest absolute Gasteiger partial charge is 0.345 e. The van der Waals surface area contributed by atoms with Crippen LogP contribution in [0.1, 0.15) is 35.6 Å². The second kappa shape index (κ2) is 10.6. The highest BCUT2D eigenvalue weighted by Crippen LogP contribution is 2.24.